The Morgan fingerprint density at radius 1 is 1.14 bits per heavy atom. The lowest BCUT2D eigenvalue weighted by molar-refractivity contribution is 0.0200. The summed E-state index contributed by atoms with van der Waals surface area (Å²) in [6, 6.07) is 0.485. The summed E-state index contributed by atoms with van der Waals surface area (Å²) in [5.74, 6) is -3.43. The Labute approximate surface area is 167 Å². The van der Waals surface area contributed by atoms with Gasteiger partial charge in [0.1, 0.15) is 23.8 Å². The second-order valence-corrected chi connectivity index (χ2v) is 8.01. The molecule has 29 heavy (non-hydrogen) atoms. The van der Waals surface area contributed by atoms with Crippen molar-refractivity contribution >= 4 is 6.09 Å². The molecule has 2 atom stereocenters. The Bertz CT molecular complexity index is 789. The molecule has 0 aromatic heterocycles. The average Bonchev–Trinajstić information content (AvgIpc) is 2.64. The molecular formula is C20H25F3N2O4. The average molecular weight is 414 g/mol. The summed E-state index contributed by atoms with van der Waals surface area (Å²) in [6.45, 7) is 7.57. The van der Waals surface area contributed by atoms with E-state index in [-0.39, 0.29) is 5.56 Å². The minimum Gasteiger partial charge on any atom is -0.489 e. The van der Waals surface area contributed by atoms with Gasteiger partial charge in [0.05, 0.1) is 25.0 Å². The van der Waals surface area contributed by atoms with Crippen LogP contribution in [0.4, 0.5) is 18.0 Å². The smallest absolute Gasteiger partial charge is 0.408 e. The minimum atomic E-state index is -1.29. The van der Waals surface area contributed by atoms with Crippen LogP contribution in [-0.2, 0) is 14.2 Å². The molecule has 1 unspecified atom stereocenters. The Balaban J connectivity index is 1.86. The van der Waals surface area contributed by atoms with E-state index in [1.54, 1.807) is 20.8 Å². The molecule has 1 N–H and O–H groups in total. The van der Waals surface area contributed by atoms with Crippen LogP contribution in [0.1, 0.15) is 38.9 Å². The second-order valence-electron chi connectivity index (χ2n) is 8.01. The Kier molecular flexibility index (Phi) is 6.26. The fraction of sp³-hybridized carbons (Fsp3) is 0.550. The van der Waals surface area contributed by atoms with Crippen molar-refractivity contribution in [2.75, 3.05) is 26.3 Å². The summed E-state index contributed by atoms with van der Waals surface area (Å²) in [4.78, 5) is 14.4. The number of halogens is 3. The number of benzene rings is 1. The first kappa shape index (κ1) is 21.3. The molecule has 1 aromatic rings. The third-order valence-electron chi connectivity index (χ3n) is 4.61. The molecule has 0 bridgehead atoms. The predicted molar refractivity (Wildman–Crippen MR) is 98.4 cm³/mol. The van der Waals surface area contributed by atoms with Crippen LogP contribution >= 0.6 is 0 Å². The van der Waals surface area contributed by atoms with E-state index < -0.39 is 41.3 Å². The number of carbonyl (C=O) groups is 1. The SMILES string of the molecule is CC(C)(C)OC(=O)NC1CC(N2CCOCC2)=CO[C@@H]1c1cc(F)c(F)cc1F. The molecule has 2 aliphatic rings. The van der Waals surface area contributed by atoms with Crippen LogP contribution < -0.4 is 5.32 Å². The highest BCUT2D eigenvalue weighted by molar-refractivity contribution is 5.68. The van der Waals surface area contributed by atoms with Crippen LogP contribution in [0.2, 0.25) is 0 Å². The molecule has 1 aromatic carbocycles. The summed E-state index contributed by atoms with van der Waals surface area (Å²) in [6.07, 6.45) is 0.0384. The van der Waals surface area contributed by atoms with E-state index in [0.29, 0.717) is 38.8 Å². The molecule has 0 aliphatic carbocycles. The molecular weight excluding hydrogens is 389 g/mol. The quantitative estimate of drug-likeness (QED) is 0.766. The lowest BCUT2D eigenvalue weighted by atomic mass is 9.95. The van der Waals surface area contributed by atoms with Crippen molar-refractivity contribution in [3.8, 4) is 0 Å². The summed E-state index contributed by atoms with van der Waals surface area (Å²) < 4.78 is 57.8. The molecule has 0 spiro atoms. The zero-order valence-electron chi connectivity index (χ0n) is 16.6. The Morgan fingerprint density at radius 2 is 1.79 bits per heavy atom. The van der Waals surface area contributed by atoms with Gasteiger partial charge in [-0.3, -0.25) is 0 Å². The number of nitrogens with zero attached hydrogens (tertiary/aromatic N) is 1. The van der Waals surface area contributed by atoms with Crippen molar-refractivity contribution < 1.29 is 32.2 Å². The first-order valence-corrected chi connectivity index (χ1v) is 9.45. The first-order chi connectivity index (χ1) is 13.6. The third-order valence-corrected chi connectivity index (χ3v) is 4.61. The molecule has 0 radical (unpaired) electrons. The highest BCUT2D eigenvalue weighted by atomic mass is 19.2. The van der Waals surface area contributed by atoms with E-state index in [2.05, 4.69) is 5.32 Å². The number of hydrogen-bond donors (Lipinski definition) is 1. The molecule has 6 nitrogen and oxygen atoms in total. The predicted octanol–water partition coefficient (Wildman–Crippen LogP) is 3.63. The van der Waals surface area contributed by atoms with Crippen molar-refractivity contribution in [2.24, 2.45) is 0 Å². The van der Waals surface area contributed by atoms with E-state index in [4.69, 9.17) is 14.2 Å². The number of alkyl carbamates (subject to hydrolysis) is 1. The summed E-state index contributed by atoms with van der Waals surface area (Å²) in [5, 5.41) is 2.69. The maximum absolute atomic E-state index is 14.4. The van der Waals surface area contributed by atoms with Crippen molar-refractivity contribution in [2.45, 2.75) is 44.9 Å². The largest absolute Gasteiger partial charge is 0.489 e. The maximum Gasteiger partial charge on any atom is 0.408 e. The number of hydrogen-bond acceptors (Lipinski definition) is 5. The number of ether oxygens (including phenoxy) is 3. The molecule has 9 heteroatoms. The number of amides is 1. The normalized spacial score (nSPS) is 22.6. The second kappa shape index (κ2) is 8.52. The fourth-order valence-corrected chi connectivity index (χ4v) is 3.31. The van der Waals surface area contributed by atoms with Gasteiger partial charge in [0.15, 0.2) is 11.6 Å². The van der Waals surface area contributed by atoms with Crippen LogP contribution in [0.25, 0.3) is 0 Å². The van der Waals surface area contributed by atoms with E-state index >= 15 is 0 Å². The summed E-state index contributed by atoms with van der Waals surface area (Å²) in [7, 11) is 0. The Hall–Kier alpha value is -2.42. The summed E-state index contributed by atoms with van der Waals surface area (Å²) in [5.41, 5.74) is -0.110. The standard InChI is InChI=1S/C20H25F3N2O4/c1-20(2,3)29-19(26)24-17-8-12(25-4-6-27-7-5-25)11-28-18(17)13-9-15(22)16(23)10-14(13)21/h9-11,17-18H,4-8H2,1-3H3,(H,24,26)/t17?,18-/m1/s1. The van der Waals surface area contributed by atoms with Crippen molar-refractivity contribution in [1.82, 2.24) is 10.2 Å². The number of rotatable bonds is 3. The maximum atomic E-state index is 14.4. The van der Waals surface area contributed by atoms with Crippen molar-refractivity contribution in [3.05, 3.63) is 47.1 Å². The van der Waals surface area contributed by atoms with Gasteiger partial charge in [0.2, 0.25) is 0 Å². The lowest BCUT2D eigenvalue weighted by Gasteiger charge is -2.38. The van der Waals surface area contributed by atoms with Crippen LogP contribution in [0.15, 0.2) is 24.1 Å². The van der Waals surface area contributed by atoms with E-state index in [1.807, 2.05) is 4.90 Å². The van der Waals surface area contributed by atoms with E-state index in [0.717, 1.165) is 11.8 Å². The zero-order chi connectivity index (χ0) is 21.2. The molecule has 2 heterocycles. The van der Waals surface area contributed by atoms with Gasteiger partial charge in [-0.15, -0.1) is 0 Å². The lowest BCUT2D eigenvalue weighted by Crippen LogP contribution is -2.47. The number of morpholine rings is 1. The van der Waals surface area contributed by atoms with Gasteiger partial charge in [0.25, 0.3) is 0 Å². The first-order valence-electron chi connectivity index (χ1n) is 9.45. The van der Waals surface area contributed by atoms with Crippen LogP contribution in [-0.4, -0.2) is 48.9 Å². The zero-order valence-corrected chi connectivity index (χ0v) is 16.6. The monoisotopic (exact) mass is 414 g/mol. The fourth-order valence-electron chi connectivity index (χ4n) is 3.31. The van der Waals surface area contributed by atoms with Crippen LogP contribution in [0.5, 0.6) is 0 Å². The molecule has 3 rings (SSSR count). The molecule has 0 saturated carbocycles. The molecule has 1 amide bonds. The van der Waals surface area contributed by atoms with Gasteiger partial charge in [0, 0.05) is 31.1 Å². The summed E-state index contributed by atoms with van der Waals surface area (Å²) >= 11 is 0. The van der Waals surface area contributed by atoms with Crippen molar-refractivity contribution in [3.63, 3.8) is 0 Å². The van der Waals surface area contributed by atoms with E-state index in [1.165, 1.54) is 6.26 Å². The van der Waals surface area contributed by atoms with Gasteiger partial charge < -0.3 is 24.4 Å². The van der Waals surface area contributed by atoms with Gasteiger partial charge >= 0.3 is 6.09 Å². The number of nitrogens with one attached hydrogen (secondary N) is 1. The van der Waals surface area contributed by atoms with Crippen LogP contribution in [0.3, 0.4) is 0 Å². The van der Waals surface area contributed by atoms with Gasteiger partial charge in [-0.25, -0.2) is 18.0 Å². The van der Waals surface area contributed by atoms with Crippen LogP contribution in [0, 0.1) is 17.5 Å². The molecule has 1 saturated heterocycles. The Morgan fingerprint density at radius 3 is 2.45 bits per heavy atom. The topological polar surface area (TPSA) is 60.0 Å². The van der Waals surface area contributed by atoms with Gasteiger partial charge in [-0.2, -0.15) is 0 Å². The minimum absolute atomic E-state index is 0.178. The highest BCUT2D eigenvalue weighted by Gasteiger charge is 2.35. The van der Waals surface area contributed by atoms with Gasteiger partial charge in [-0.05, 0) is 26.8 Å². The number of carbonyl (C=O) groups excluding carboxylic acids is 1. The van der Waals surface area contributed by atoms with Gasteiger partial charge in [-0.1, -0.05) is 0 Å². The van der Waals surface area contributed by atoms with Crippen molar-refractivity contribution in [1.29, 1.82) is 0 Å². The van der Waals surface area contributed by atoms with E-state index in [9.17, 15) is 18.0 Å². The highest BCUT2D eigenvalue weighted by Crippen LogP contribution is 2.34. The molecule has 160 valence electrons. The molecule has 1 fully saturated rings. The third kappa shape index (κ3) is 5.35. The molecule has 2 aliphatic heterocycles.